The molecule has 0 saturated heterocycles. The molecule has 1 heterocycles. The molecule has 1 N–H and O–H groups in total. The first-order valence-electron chi connectivity index (χ1n) is 6.11. The van der Waals surface area contributed by atoms with Crippen molar-refractivity contribution in [1.82, 2.24) is 10.3 Å². The largest absolute Gasteiger partial charge is 0.381 e. The zero-order valence-corrected chi connectivity index (χ0v) is 11.3. The number of aromatic nitrogens is 1. The second-order valence-corrected chi connectivity index (χ2v) is 3.85. The minimum Gasteiger partial charge on any atom is -0.381 e. The van der Waals surface area contributed by atoms with E-state index in [1.807, 2.05) is 24.5 Å². The van der Waals surface area contributed by atoms with E-state index in [0.29, 0.717) is 0 Å². The van der Waals surface area contributed by atoms with E-state index in [1.54, 1.807) is 0 Å². The van der Waals surface area contributed by atoms with Crippen LogP contribution in [-0.4, -0.2) is 24.7 Å². The first-order valence-corrected chi connectivity index (χ1v) is 6.11. The van der Waals surface area contributed by atoms with Gasteiger partial charge < -0.3 is 10.1 Å². The van der Waals surface area contributed by atoms with Crippen LogP contribution in [0.2, 0.25) is 0 Å². The number of hydrogen-bond acceptors (Lipinski definition) is 3. The second kappa shape index (κ2) is 11.8. The first kappa shape index (κ1) is 16.4. The van der Waals surface area contributed by atoms with Gasteiger partial charge in [-0.2, -0.15) is 0 Å². The fourth-order valence-electron chi connectivity index (χ4n) is 1.38. The summed E-state index contributed by atoms with van der Waals surface area (Å²) < 4.78 is 5.48. The Morgan fingerprint density at radius 3 is 2.59 bits per heavy atom. The van der Waals surface area contributed by atoms with Crippen LogP contribution in [0, 0.1) is 0 Å². The minimum absolute atomic E-state index is 0. The Morgan fingerprint density at radius 1 is 1.18 bits per heavy atom. The Balaban J connectivity index is 0.00000256. The van der Waals surface area contributed by atoms with Crippen molar-refractivity contribution < 1.29 is 4.74 Å². The van der Waals surface area contributed by atoms with Gasteiger partial charge in [0.05, 0.1) is 0 Å². The van der Waals surface area contributed by atoms with E-state index in [1.165, 1.54) is 18.4 Å². The van der Waals surface area contributed by atoms with Gasteiger partial charge in [0.1, 0.15) is 0 Å². The SMILES string of the molecule is CCCCOCCCNCc1ccncc1.Cl. The molecule has 0 unspecified atom stereocenters. The van der Waals surface area contributed by atoms with E-state index in [-0.39, 0.29) is 12.4 Å². The molecule has 1 aromatic rings. The lowest BCUT2D eigenvalue weighted by molar-refractivity contribution is 0.129. The number of pyridine rings is 1. The molecule has 0 saturated carbocycles. The van der Waals surface area contributed by atoms with E-state index in [0.717, 1.165) is 32.7 Å². The maximum atomic E-state index is 5.48. The summed E-state index contributed by atoms with van der Waals surface area (Å²) in [5, 5.41) is 3.38. The molecule has 0 fully saturated rings. The van der Waals surface area contributed by atoms with Crippen molar-refractivity contribution in [2.24, 2.45) is 0 Å². The van der Waals surface area contributed by atoms with E-state index in [4.69, 9.17) is 4.74 Å². The van der Waals surface area contributed by atoms with Gasteiger partial charge in [-0.05, 0) is 37.1 Å². The molecule has 1 rings (SSSR count). The summed E-state index contributed by atoms with van der Waals surface area (Å²) in [5.41, 5.74) is 1.28. The van der Waals surface area contributed by atoms with Crippen LogP contribution in [0.3, 0.4) is 0 Å². The van der Waals surface area contributed by atoms with Gasteiger partial charge in [0, 0.05) is 32.2 Å². The topological polar surface area (TPSA) is 34.1 Å². The third kappa shape index (κ3) is 9.10. The van der Waals surface area contributed by atoms with Crippen LogP contribution in [0.1, 0.15) is 31.7 Å². The number of nitrogens with one attached hydrogen (secondary N) is 1. The van der Waals surface area contributed by atoms with E-state index in [2.05, 4.69) is 17.2 Å². The highest BCUT2D eigenvalue weighted by Gasteiger charge is 1.92. The first-order chi connectivity index (χ1) is 7.93. The number of hydrogen-bond donors (Lipinski definition) is 1. The van der Waals surface area contributed by atoms with Crippen molar-refractivity contribution in [2.75, 3.05) is 19.8 Å². The highest BCUT2D eigenvalue weighted by atomic mass is 35.5. The smallest absolute Gasteiger partial charge is 0.0478 e. The van der Waals surface area contributed by atoms with Gasteiger partial charge in [-0.1, -0.05) is 13.3 Å². The summed E-state index contributed by atoms with van der Waals surface area (Å²) in [6.07, 6.45) is 7.11. The Labute approximate surface area is 110 Å². The van der Waals surface area contributed by atoms with Crippen LogP contribution in [-0.2, 0) is 11.3 Å². The molecule has 3 nitrogen and oxygen atoms in total. The van der Waals surface area contributed by atoms with Crippen LogP contribution in [0.4, 0.5) is 0 Å². The van der Waals surface area contributed by atoms with E-state index >= 15 is 0 Å². The lowest BCUT2D eigenvalue weighted by Crippen LogP contribution is -2.16. The maximum Gasteiger partial charge on any atom is 0.0478 e. The van der Waals surface area contributed by atoms with Crippen LogP contribution < -0.4 is 5.32 Å². The molecule has 4 heteroatoms. The van der Waals surface area contributed by atoms with Crippen molar-refractivity contribution in [3.63, 3.8) is 0 Å². The average molecular weight is 259 g/mol. The number of ether oxygens (including phenoxy) is 1. The van der Waals surface area contributed by atoms with Crippen molar-refractivity contribution in [1.29, 1.82) is 0 Å². The predicted molar refractivity (Wildman–Crippen MR) is 73.5 cm³/mol. The Morgan fingerprint density at radius 2 is 1.88 bits per heavy atom. The zero-order valence-electron chi connectivity index (χ0n) is 10.5. The Hall–Kier alpha value is -0.640. The molecule has 0 aliphatic heterocycles. The summed E-state index contributed by atoms with van der Waals surface area (Å²) in [5.74, 6) is 0. The normalized spacial score (nSPS) is 9.94. The fourth-order valence-corrected chi connectivity index (χ4v) is 1.38. The molecule has 98 valence electrons. The van der Waals surface area contributed by atoms with Gasteiger partial charge in [0.2, 0.25) is 0 Å². The monoisotopic (exact) mass is 258 g/mol. The molecule has 0 radical (unpaired) electrons. The zero-order chi connectivity index (χ0) is 11.5. The highest BCUT2D eigenvalue weighted by Crippen LogP contribution is 1.95. The molecular formula is C13H23ClN2O. The molecule has 0 aliphatic carbocycles. The van der Waals surface area contributed by atoms with Crippen LogP contribution in [0.5, 0.6) is 0 Å². The third-order valence-electron chi connectivity index (χ3n) is 2.36. The predicted octanol–water partition coefficient (Wildman–Crippen LogP) is 2.80. The molecule has 1 aromatic heterocycles. The van der Waals surface area contributed by atoms with Crippen LogP contribution in [0.25, 0.3) is 0 Å². The lowest BCUT2D eigenvalue weighted by Gasteiger charge is -2.05. The molecule has 0 amide bonds. The molecule has 0 aliphatic rings. The molecule has 0 aromatic carbocycles. The second-order valence-electron chi connectivity index (χ2n) is 3.85. The highest BCUT2D eigenvalue weighted by molar-refractivity contribution is 5.85. The van der Waals surface area contributed by atoms with Crippen molar-refractivity contribution in [3.8, 4) is 0 Å². The Bertz CT molecular complexity index is 257. The standard InChI is InChI=1S/C13H22N2O.ClH/c1-2-3-10-16-11-4-7-15-12-13-5-8-14-9-6-13;/h5-6,8-9,15H,2-4,7,10-12H2,1H3;1H. The summed E-state index contributed by atoms with van der Waals surface area (Å²) in [7, 11) is 0. The fraction of sp³-hybridized carbons (Fsp3) is 0.615. The molecule has 17 heavy (non-hydrogen) atoms. The number of halogens is 1. The van der Waals surface area contributed by atoms with Gasteiger partial charge in [-0.25, -0.2) is 0 Å². The Kier molecular flexibility index (Phi) is 11.4. The molecule has 0 atom stereocenters. The lowest BCUT2D eigenvalue weighted by atomic mass is 10.3. The van der Waals surface area contributed by atoms with Gasteiger partial charge in [0.25, 0.3) is 0 Å². The number of nitrogens with zero attached hydrogens (tertiary/aromatic N) is 1. The van der Waals surface area contributed by atoms with Crippen molar-refractivity contribution in [3.05, 3.63) is 30.1 Å². The van der Waals surface area contributed by atoms with E-state index < -0.39 is 0 Å². The van der Waals surface area contributed by atoms with Gasteiger partial charge in [-0.15, -0.1) is 12.4 Å². The third-order valence-corrected chi connectivity index (χ3v) is 2.36. The van der Waals surface area contributed by atoms with Crippen LogP contribution >= 0.6 is 12.4 Å². The number of rotatable bonds is 9. The molecule has 0 bridgehead atoms. The summed E-state index contributed by atoms with van der Waals surface area (Å²) in [6.45, 7) is 5.87. The molecular weight excluding hydrogens is 236 g/mol. The van der Waals surface area contributed by atoms with Gasteiger partial charge in [0.15, 0.2) is 0 Å². The summed E-state index contributed by atoms with van der Waals surface area (Å²) in [4.78, 5) is 3.98. The summed E-state index contributed by atoms with van der Waals surface area (Å²) >= 11 is 0. The molecule has 0 spiro atoms. The van der Waals surface area contributed by atoms with Gasteiger partial charge >= 0.3 is 0 Å². The minimum atomic E-state index is 0. The number of unbranched alkanes of at least 4 members (excludes halogenated alkanes) is 1. The quantitative estimate of drug-likeness (QED) is 0.692. The average Bonchev–Trinajstić information content (AvgIpc) is 2.34. The van der Waals surface area contributed by atoms with Crippen molar-refractivity contribution >= 4 is 12.4 Å². The summed E-state index contributed by atoms with van der Waals surface area (Å²) in [6, 6.07) is 4.06. The van der Waals surface area contributed by atoms with Crippen molar-refractivity contribution in [2.45, 2.75) is 32.7 Å². The van der Waals surface area contributed by atoms with E-state index in [9.17, 15) is 0 Å². The maximum absolute atomic E-state index is 5.48. The van der Waals surface area contributed by atoms with Crippen LogP contribution in [0.15, 0.2) is 24.5 Å². The van der Waals surface area contributed by atoms with Gasteiger partial charge in [-0.3, -0.25) is 4.98 Å².